The van der Waals surface area contributed by atoms with Gasteiger partial charge in [-0.15, -0.1) is 0 Å². The minimum Gasteiger partial charge on any atom is -0.445 e. The average Bonchev–Trinajstić information content (AvgIpc) is 2.94. The molecule has 23 heavy (non-hydrogen) atoms. The second-order valence-electron chi connectivity index (χ2n) is 4.54. The van der Waals surface area contributed by atoms with E-state index >= 15 is 0 Å². The molecule has 0 atom stereocenters. The average molecular weight is 424 g/mol. The Bertz CT molecular complexity index is 808. The van der Waals surface area contributed by atoms with E-state index < -0.39 is 16.1 Å². The molecule has 2 rings (SSSR count). The van der Waals surface area contributed by atoms with Crippen molar-refractivity contribution < 1.29 is 22.4 Å². The number of rotatable bonds is 5. The first-order valence-electron chi connectivity index (χ1n) is 6.28. The fourth-order valence-corrected chi connectivity index (χ4v) is 3.80. The lowest BCUT2D eigenvalue weighted by Crippen LogP contribution is -2.34. The zero-order chi connectivity index (χ0) is 17.2. The summed E-state index contributed by atoms with van der Waals surface area (Å²) in [5.41, 5.74) is 1.31. The number of aromatic nitrogens is 1. The molecule has 0 bridgehead atoms. The van der Waals surface area contributed by atoms with Crippen molar-refractivity contribution in [2.75, 3.05) is 12.4 Å². The minimum atomic E-state index is -4.12. The van der Waals surface area contributed by atoms with Gasteiger partial charge in [0, 0.05) is 13.2 Å². The van der Waals surface area contributed by atoms with Crippen LogP contribution in [0.3, 0.4) is 0 Å². The van der Waals surface area contributed by atoms with Crippen LogP contribution in [-0.2, 0) is 21.4 Å². The van der Waals surface area contributed by atoms with Gasteiger partial charge in [0.25, 0.3) is 10.0 Å². The molecule has 2 amide bonds. The molecule has 2 aromatic heterocycles. The third kappa shape index (κ3) is 4.31. The van der Waals surface area contributed by atoms with Crippen LogP contribution in [0, 0.1) is 13.8 Å². The zero-order valence-corrected chi connectivity index (χ0v) is 15.7. The lowest BCUT2D eigenvalue weighted by molar-refractivity contribution is 0.158. The number of aryl methyl sites for hydroxylation is 2. The van der Waals surface area contributed by atoms with Gasteiger partial charge in [-0.2, -0.15) is 8.42 Å². The van der Waals surface area contributed by atoms with E-state index in [1.165, 1.54) is 24.5 Å². The maximum absolute atomic E-state index is 12.1. The summed E-state index contributed by atoms with van der Waals surface area (Å²) in [6.45, 7) is 3.58. The van der Waals surface area contributed by atoms with Gasteiger partial charge in [0.2, 0.25) is 5.09 Å². The highest BCUT2D eigenvalue weighted by Gasteiger charge is 2.24. The maximum Gasteiger partial charge on any atom is 0.335 e. The smallest absolute Gasteiger partial charge is 0.335 e. The van der Waals surface area contributed by atoms with Crippen molar-refractivity contribution in [2.45, 2.75) is 25.5 Å². The molecule has 0 spiro atoms. The number of thiazole rings is 1. The lowest BCUT2D eigenvalue weighted by Gasteiger charge is -2.04. The van der Waals surface area contributed by atoms with E-state index in [-0.39, 0.29) is 16.8 Å². The Kier molecular flexibility index (Phi) is 5.45. The van der Waals surface area contributed by atoms with E-state index in [4.69, 9.17) is 9.15 Å². The van der Waals surface area contributed by atoms with Crippen molar-refractivity contribution in [3.63, 3.8) is 0 Å². The number of carbonyl (C=O) groups excluding carboxylic acids is 1. The first-order valence-corrected chi connectivity index (χ1v) is 9.37. The number of nitrogens with zero attached hydrogens (tertiary/aromatic N) is 1. The summed E-state index contributed by atoms with van der Waals surface area (Å²) in [4.78, 5) is 15.9. The Morgan fingerprint density at radius 1 is 1.48 bits per heavy atom. The van der Waals surface area contributed by atoms with Crippen LogP contribution in [0.25, 0.3) is 0 Å². The summed E-state index contributed by atoms with van der Waals surface area (Å²) in [6, 6.07) is 0.405. The standard InChI is InChI=1S/C12H14BrN3O5S2/c1-6-4-9(21-8(6)5-20-3)23(18,19)16-11(17)15-12-14-7(2)10(13)22-12/h4H,5H2,1-3H3,(H2,14,15,16,17). The van der Waals surface area contributed by atoms with Crippen LogP contribution in [0.2, 0.25) is 0 Å². The Labute approximate surface area is 145 Å². The molecule has 0 saturated carbocycles. The number of furan rings is 1. The number of methoxy groups -OCH3 is 1. The molecule has 8 nitrogen and oxygen atoms in total. The minimum absolute atomic E-state index is 0.139. The molecule has 0 aromatic carbocycles. The Balaban J connectivity index is 2.11. The molecule has 2 heterocycles. The van der Waals surface area contributed by atoms with Gasteiger partial charge in [-0.3, -0.25) is 5.32 Å². The van der Waals surface area contributed by atoms with Gasteiger partial charge in [0.15, 0.2) is 5.13 Å². The van der Waals surface area contributed by atoms with Gasteiger partial charge >= 0.3 is 6.03 Å². The topological polar surface area (TPSA) is 111 Å². The van der Waals surface area contributed by atoms with E-state index in [0.717, 1.165) is 3.79 Å². The molecule has 0 saturated heterocycles. The summed E-state index contributed by atoms with van der Waals surface area (Å²) < 4.78 is 37.0. The second-order valence-corrected chi connectivity index (χ2v) is 8.47. The molecule has 126 valence electrons. The first kappa shape index (κ1) is 17.9. The molecule has 0 aliphatic rings. The second kappa shape index (κ2) is 6.99. The van der Waals surface area contributed by atoms with E-state index in [0.29, 0.717) is 17.0 Å². The number of urea groups is 1. The number of amides is 2. The van der Waals surface area contributed by atoms with Crippen molar-refractivity contribution >= 4 is 48.5 Å². The largest absolute Gasteiger partial charge is 0.445 e. The van der Waals surface area contributed by atoms with Crippen LogP contribution in [-0.4, -0.2) is 26.5 Å². The molecule has 11 heteroatoms. The van der Waals surface area contributed by atoms with Gasteiger partial charge in [0.05, 0.1) is 9.48 Å². The summed E-state index contributed by atoms with van der Waals surface area (Å²) in [6.07, 6.45) is 0. The summed E-state index contributed by atoms with van der Waals surface area (Å²) in [5, 5.41) is 2.28. The fourth-order valence-electron chi connectivity index (χ4n) is 1.62. The predicted octanol–water partition coefficient (Wildman–Crippen LogP) is 2.77. The number of hydrogen-bond acceptors (Lipinski definition) is 7. The SMILES string of the molecule is COCc1oc(S(=O)(=O)NC(=O)Nc2nc(C)c(Br)s2)cc1C. The van der Waals surface area contributed by atoms with Crippen molar-refractivity contribution in [1.29, 1.82) is 0 Å². The molecule has 0 aliphatic carbocycles. The van der Waals surface area contributed by atoms with Crippen LogP contribution in [0.15, 0.2) is 19.4 Å². The number of anilines is 1. The number of hydrogen-bond donors (Lipinski definition) is 2. The van der Waals surface area contributed by atoms with Crippen molar-refractivity contribution in [3.8, 4) is 0 Å². The molecule has 2 N–H and O–H groups in total. The lowest BCUT2D eigenvalue weighted by atomic mass is 10.3. The fraction of sp³-hybridized carbons (Fsp3) is 0.333. The van der Waals surface area contributed by atoms with Crippen LogP contribution in [0.5, 0.6) is 0 Å². The zero-order valence-electron chi connectivity index (χ0n) is 12.5. The third-order valence-electron chi connectivity index (χ3n) is 2.73. The van der Waals surface area contributed by atoms with E-state index in [1.807, 2.05) is 4.72 Å². The van der Waals surface area contributed by atoms with E-state index in [2.05, 4.69) is 26.2 Å². The summed E-state index contributed by atoms with van der Waals surface area (Å²) in [7, 11) is -2.65. The van der Waals surface area contributed by atoms with Gasteiger partial charge in [-0.05, 0) is 35.3 Å². The number of halogens is 1. The first-order chi connectivity index (χ1) is 10.7. The number of nitrogens with one attached hydrogen (secondary N) is 2. The highest BCUT2D eigenvalue weighted by atomic mass is 79.9. The molecule has 0 radical (unpaired) electrons. The van der Waals surface area contributed by atoms with E-state index in [9.17, 15) is 13.2 Å². The summed E-state index contributed by atoms with van der Waals surface area (Å²) in [5.74, 6) is 0.382. The van der Waals surface area contributed by atoms with Gasteiger partial charge < -0.3 is 9.15 Å². The molecular formula is C12H14BrN3O5S2. The third-order valence-corrected chi connectivity index (χ3v) is 5.83. The van der Waals surface area contributed by atoms with Crippen molar-refractivity contribution in [3.05, 3.63) is 26.9 Å². The van der Waals surface area contributed by atoms with Gasteiger partial charge in [-0.1, -0.05) is 11.3 Å². The Morgan fingerprint density at radius 2 is 2.17 bits per heavy atom. The molecule has 0 aliphatic heterocycles. The van der Waals surface area contributed by atoms with Crippen molar-refractivity contribution in [1.82, 2.24) is 9.71 Å². The summed E-state index contributed by atoms with van der Waals surface area (Å²) >= 11 is 4.45. The Morgan fingerprint density at radius 3 is 2.74 bits per heavy atom. The normalized spacial score (nSPS) is 11.5. The van der Waals surface area contributed by atoms with E-state index in [1.54, 1.807) is 13.8 Å². The monoisotopic (exact) mass is 423 g/mol. The van der Waals surface area contributed by atoms with Gasteiger partial charge in [0.1, 0.15) is 12.4 Å². The molecular weight excluding hydrogens is 410 g/mol. The highest BCUT2D eigenvalue weighted by molar-refractivity contribution is 9.11. The van der Waals surface area contributed by atoms with Crippen LogP contribution in [0.1, 0.15) is 17.0 Å². The number of ether oxygens (including phenoxy) is 1. The Hall–Kier alpha value is -1.43. The molecule has 2 aromatic rings. The number of carbonyl (C=O) groups is 1. The van der Waals surface area contributed by atoms with Crippen LogP contribution >= 0.6 is 27.3 Å². The van der Waals surface area contributed by atoms with Crippen LogP contribution in [0.4, 0.5) is 9.93 Å². The highest BCUT2D eigenvalue weighted by Crippen LogP contribution is 2.27. The molecule has 0 fully saturated rings. The quantitative estimate of drug-likeness (QED) is 0.764. The maximum atomic E-state index is 12.1. The predicted molar refractivity (Wildman–Crippen MR) is 88.0 cm³/mol. The molecule has 0 unspecified atom stereocenters. The van der Waals surface area contributed by atoms with Crippen molar-refractivity contribution in [2.24, 2.45) is 0 Å². The number of sulfonamides is 1. The van der Waals surface area contributed by atoms with Gasteiger partial charge in [-0.25, -0.2) is 14.5 Å². The van der Waals surface area contributed by atoms with Crippen LogP contribution < -0.4 is 10.0 Å².